The van der Waals surface area contributed by atoms with Crippen LogP contribution in [0.2, 0.25) is 0 Å². The van der Waals surface area contributed by atoms with E-state index in [1.54, 1.807) is 14.2 Å². The summed E-state index contributed by atoms with van der Waals surface area (Å²) in [4.78, 5) is 0. The maximum Gasteiger partial charge on any atom is 0.146 e. The molecular formula is C25H46O5. The maximum atomic E-state index is 6.32. The lowest BCUT2D eigenvalue weighted by molar-refractivity contribution is -0.156. The van der Waals surface area contributed by atoms with Crippen molar-refractivity contribution in [3.8, 4) is 12.3 Å². The summed E-state index contributed by atoms with van der Waals surface area (Å²) in [7, 11) is 3.28. The van der Waals surface area contributed by atoms with Crippen LogP contribution in [0.15, 0.2) is 0 Å². The SMILES string of the molecule is C#CC[C@@H](OCOC)[C@H]1CC[C@@H]([C@H](CCCCCCCCCCCC)OCOC)O1. The molecule has 5 heteroatoms. The highest BCUT2D eigenvalue weighted by molar-refractivity contribution is 4.93. The van der Waals surface area contributed by atoms with Crippen LogP contribution < -0.4 is 0 Å². The molecule has 30 heavy (non-hydrogen) atoms. The second kappa shape index (κ2) is 19.1. The summed E-state index contributed by atoms with van der Waals surface area (Å²) in [5.74, 6) is 2.69. The van der Waals surface area contributed by atoms with Crippen molar-refractivity contribution in [2.75, 3.05) is 27.8 Å². The highest BCUT2D eigenvalue weighted by Gasteiger charge is 2.36. The normalized spacial score (nSPS) is 20.9. The van der Waals surface area contributed by atoms with E-state index in [0.29, 0.717) is 13.2 Å². The lowest BCUT2D eigenvalue weighted by Crippen LogP contribution is -2.34. The lowest BCUT2D eigenvalue weighted by atomic mass is 10.0. The molecule has 0 aliphatic carbocycles. The Kier molecular flexibility index (Phi) is 17.4. The molecule has 1 fully saturated rings. The van der Waals surface area contributed by atoms with Crippen LogP contribution in [0.25, 0.3) is 0 Å². The molecule has 0 amide bonds. The van der Waals surface area contributed by atoms with Crippen molar-refractivity contribution in [1.82, 2.24) is 0 Å². The minimum Gasteiger partial charge on any atom is -0.370 e. The molecule has 0 radical (unpaired) electrons. The summed E-state index contributed by atoms with van der Waals surface area (Å²) in [6.45, 7) is 2.81. The molecule has 1 aliphatic heterocycles. The highest BCUT2D eigenvalue weighted by atomic mass is 16.7. The second-order valence-corrected chi connectivity index (χ2v) is 8.39. The quantitative estimate of drug-likeness (QED) is 0.139. The van der Waals surface area contributed by atoms with Crippen molar-refractivity contribution in [3.63, 3.8) is 0 Å². The molecule has 0 aromatic rings. The van der Waals surface area contributed by atoms with E-state index in [-0.39, 0.29) is 31.2 Å². The summed E-state index contributed by atoms with van der Waals surface area (Å²) in [5, 5.41) is 0. The number of methoxy groups -OCH3 is 2. The molecule has 1 heterocycles. The second-order valence-electron chi connectivity index (χ2n) is 8.39. The van der Waals surface area contributed by atoms with Crippen molar-refractivity contribution >= 4 is 0 Å². The third-order valence-corrected chi connectivity index (χ3v) is 5.88. The standard InChI is InChI=1S/C25H46O5/c1-5-7-8-9-10-11-12-13-14-15-17-23(29-21-27-4)25-19-18-24(30-25)22(16-6-2)28-20-26-3/h2,22-25H,5,7-21H2,1,3-4H3/t22-,23+,24-,25+/m1/s1. The Balaban J connectivity index is 2.29. The number of hydrogen-bond acceptors (Lipinski definition) is 5. The number of hydrogen-bond donors (Lipinski definition) is 0. The van der Waals surface area contributed by atoms with Crippen molar-refractivity contribution < 1.29 is 23.7 Å². The first kappa shape index (κ1) is 27.4. The largest absolute Gasteiger partial charge is 0.370 e. The first-order valence-corrected chi connectivity index (χ1v) is 12.1. The van der Waals surface area contributed by atoms with Gasteiger partial charge in [-0.3, -0.25) is 0 Å². The van der Waals surface area contributed by atoms with E-state index in [2.05, 4.69) is 12.8 Å². The molecule has 1 aliphatic rings. The van der Waals surface area contributed by atoms with Gasteiger partial charge in [0, 0.05) is 20.6 Å². The van der Waals surface area contributed by atoms with Gasteiger partial charge in [-0.1, -0.05) is 71.1 Å². The average molecular weight is 427 g/mol. The van der Waals surface area contributed by atoms with E-state index >= 15 is 0 Å². The summed E-state index contributed by atoms with van der Waals surface area (Å²) in [5.41, 5.74) is 0. The van der Waals surface area contributed by atoms with Gasteiger partial charge in [0.15, 0.2) is 0 Å². The first-order chi connectivity index (χ1) is 14.8. The smallest absolute Gasteiger partial charge is 0.146 e. The molecular weight excluding hydrogens is 380 g/mol. The van der Waals surface area contributed by atoms with Gasteiger partial charge in [0.1, 0.15) is 13.6 Å². The Labute approximate surface area is 185 Å². The molecule has 0 spiro atoms. The zero-order chi connectivity index (χ0) is 21.9. The van der Waals surface area contributed by atoms with E-state index in [0.717, 1.165) is 19.3 Å². The van der Waals surface area contributed by atoms with Gasteiger partial charge in [0.05, 0.1) is 24.4 Å². The van der Waals surface area contributed by atoms with E-state index in [9.17, 15) is 0 Å². The Bertz CT molecular complexity index is 422. The summed E-state index contributed by atoms with van der Waals surface area (Å²) >= 11 is 0. The Morgan fingerprint density at radius 3 is 1.83 bits per heavy atom. The molecule has 0 unspecified atom stereocenters. The average Bonchev–Trinajstić information content (AvgIpc) is 3.24. The number of ether oxygens (including phenoxy) is 5. The van der Waals surface area contributed by atoms with E-state index in [1.807, 2.05) is 0 Å². The van der Waals surface area contributed by atoms with E-state index < -0.39 is 0 Å². The van der Waals surface area contributed by atoms with E-state index in [1.165, 1.54) is 64.2 Å². The van der Waals surface area contributed by atoms with Crippen LogP contribution in [0.1, 0.15) is 96.8 Å². The van der Waals surface area contributed by atoms with Crippen LogP contribution in [0.4, 0.5) is 0 Å². The molecule has 1 saturated heterocycles. The van der Waals surface area contributed by atoms with Crippen LogP contribution in [-0.2, 0) is 23.7 Å². The minimum absolute atomic E-state index is 0.00236. The molecule has 1 rings (SSSR count). The van der Waals surface area contributed by atoms with Gasteiger partial charge in [-0.25, -0.2) is 0 Å². The van der Waals surface area contributed by atoms with Gasteiger partial charge in [0.2, 0.25) is 0 Å². The highest BCUT2D eigenvalue weighted by Crippen LogP contribution is 2.30. The van der Waals surface area contributed by atoms with Crippen LogP contribution in [0.5, 0.6) is 0 Å². The van der Waals surface area contributed by atoms with E-state index in [4.69, 9.17) is 30.1 Å². The third kappa shape index (κ3) is 12.3. The maximum absolute atomic E-state index is 6.32. The topological polar surface area (TPSA) is 46.2 Å². The molecule has 4 atom stereocenters. The molecule has 0 saturated carbocycles. The summed E-state index contributed by atoms with van der Waals surface area (Å²) in [6.07, 6.45) is 22.3. The van der Waals surface area contributed by atoms with Gasteiger partial charge < -0.3 is 23.7 Å². The monoisotopic (exact) mass is 426 g/mol. The number of unbranched alkanes of at least 4 members (excludes halogenated alkanes) is 9. The van der Waals surface area contributed by atoms with Crippen LogP contribution in [-0.4, -0.2) is 52.2 Å². The van der Waals surface area contributed by atoms with Gasteiger partial charge in [-0.05, 0) is 19.3 Å². The Hall–Kier alpha value is -0.640. The molecule has 176 valence electrons. The third-order valence-electron chi connectivity index (χ3n) is 5.88. The number of rotatable bonds is 20. The lowest BCUT2D eigenvalue weighted by Gasteiger charge is -2.26. The van der Waals surface area contributed by atoms with Gasteiger partial charge in [-0.15, -0.1) is 12.3 Å². The fraction of sp³-hybridized carbons (Fsp3) is 0.920. The number of terminal acetylenes is 1. The zero-order valence-electron chi connectivity index (χ0n) is 19.7. The molecule has 0 aromatic carbocycles. The van der Waals surface area contributed by atoms with Gasteiger partial charge in [0.25, 0.3) is 0 Å². The predicted molar refractivity (Wildman–Crippen MR) is 121 cm³/mol. The molecule has 0 bridgehead atoms. The molecule has 0 N–H and O–H groups in total. The Morgan fingerprint density at radius 2 is 1.30 bits per heavy atom. The summed E-state index contributed by atoms with van der Waals surface area (Å²) in [6, 6.07) is 0. The minimum atomic E-state index is -0.125. The van der Waals surface area contributed by atoms with Crippen molar-refractivity contribution in [2.24, 2.45) is 0 Å². The van der Waals surface area contributed by atoms with Gasteiger partial charge >= 0.3 is 0 Å². The van der Waals surface area contributed by atoms with Crippen molar-refractivity contribution in [3.05, 3.63) is 0 Å². The zero-order valence-corrected chi connectivity index (χ0v) is 19.7. The summed E-state index contributed by atoms with van der Waals surface area (Å²) < 4.78 is 28.2. The van der Waals surface area contributed by atoms with Crippen LogP contribution >= 0.6 is 0 Å². The van der Waals surface area contributed by atoms with Crippen molar-refractivity contribution in [1.29, 1.82) is 0 Å². The van der Waals surface area contributed by atoms with Gasteiger partial charge in [-0.2, -0.15) is 0 Å². The predicted octanol–water partition coefficient (Wildman–Crippen LogP) is 5.85. The molecule has 5 nitrogen and oxygen atoms in total. The first-order valence-electron chi connectivity index (χ1n) is 12.1. The van der Waals surface area contributed by atoms with Crippen LogP contribution in [0.3, 0.4) is 0 Å². The fourth-order valence-electron chi connectivity index (χ4n) is 4.17. The fourth-order valence-corrected chi connectivity index (χ4v) is 4.17. The Morgan fingerprint density at radius 1 is 0.800 bits per heavy atom. The molecule has 0 aromatic heterocycles. The van der Waals surface area contributed by atoms with Crippen LogP contribution in [0, 0.1) is 12.3 Å². The van der Waals surface area contributed by atoms with Crippen molar-refractivity contribution in [2.45, 2.75) is 121 Å².